The first kappa shape index (κ1) is 18.2. The van der Waals surface area contributed by atoms with Gasteiger partial charge in [-0.25, -0.2) is 15.0 Å². The average Bonchev–Trinajstić information content (AvgIpc) is 3.24. The third-order valence-corrected chi connectivity index (χ3v) is 3.89. The van der Waals surface area contributed by atoms with Crippen LogP contribution in [0.3, 0.4) is 0 Å². The Balaban J connectivity index is 1.28. The van der Waals surface area contributed by atoms with Gasteiger partial charge in [0.1, 0.15) is 5.82 Å². The first-order valence-corrected chi connectivity index (χ1v) is 8.94. The molecule has 1 aromatic carbocycles. The van der Waals surface area contributed by atoms with Crippen LogP contribution in [0.2, 0.25) is 0 Å². The van der Waals surface area contributed by atoms with Crippen molar-refractivity contribution in [3.63, 3.8) is 0 Å². The van der Waals surface area contributed by atoms with Gasteiger partial charge in [-0.2, -0.15) is 4.98 Å². The predicted molar refractivity (Wildman–Crippen MR) is 106 cm³/mol. The van der Waals surface area contributed by atoms with Crippen LogP contribution in [0.15, 0.2) is 71.6 Å². The molecule has 0 aliphatic carbocycles. The molecule has 0 aliphatic rings. The summed E-state index contributed by atoms with van der Waals surface area (Å²) in [5.74, 6) is 1.54. The number of carbonyl (C=O) groups is 1. The third-order valence-electron chi connectivity index (χ3n) is 3.89. The quantitative estimate of drug-likeness (QED) is 0.496. The number of nitrogens with zero attached hydrogens (tertiary/aromatic N) is 5. The van der Waals surface area contributed by atoms with Crippen LogP contribution in [0.25, 0.3) is 11.6 Å². The van der Waals surface area contributed by atoms with Crippen molar-refractivity contribution in [3.05, 3.63) is 73.0 Å². The van der Waals surface area contributed by atoms with Gasteiger partial charge in [0.25, 0.3) is 0 Å². The Kier molecular flexibility index (Phi) is 5.47. The van der Waals surface area contributed by atoms with Crippen molar-refractivity contribution in [1.29, 1.82) is 0 Å². The summed E-state index contributed by atoms with van der Waals surface area (Å²) in [5, 5.41) is 9.82. The minimum Gasteiger partial charge on any atom is -0.340 e. The summed E-state index contributed by atoms with van der Waals surface area (Å²) >= 11 is 0. The molecular weight excluding hydrogens is 370 g/mol. The lowest BCUT2D eigenvalue weighted by atomic mass is 10.3. The fraction of sp³-hybridized carbons (Fsp3) is 0.100. The Morgan fingerprint density at radius 3 is 2.48 bits per heavy atom. The number of para-hydroxylation sites is 1. The second-order valence-electron chi connectivity index (χ2n) is 6.06. The van der Waals surface area contributed by atoms with Gasteiger partial charge >= 0.3 is 0 Å². The molecule has 0 saturated carbocycles. The van der Waals surface area contributed by atoms with Gasteiger partial charge in [0, 0.05) is 30.9 Å². The van der Waals surface area contributed by atoms with Gasteiger partial charge < -0.3 is 15.2 Å². The van der Waals surface area contributed by atoms with Crippen LogP contribution >= 0.6 is 0 Å². The van der Waals surface area contributed by atoms with Crippen LogP contribution < -0.4 is 10.6 Å². The van der Waals surface area contributed by atoms with E-state index < -0.39 is 0 Å². The van der Waals surface area contributed by atoms with Crippen molar-refractivity contribution < 1.29 is 9.32 Å². The highest BCUT2D eigenvalue weighted by molar-refractivity contribution is 5.90. The molecule has 29 heavy (non-hydrogen) atoms. The number of hydrogen-bond acceptors (Lipinski definition) is 8. The van der Waals surface area contributed by atoms with Crippen LogP contribution in [-0.2, 0) is 11.2 Å². The Hall–Kier alpha value is -4.14. The van der Waals surface area contributed by atoms with E-state index in [4.69, 9.17) is 4.52 Å². The van der Waals surface area contributed by atoms with E-state index in [1.807, 2.05) is 30.3 Å². The molecule has 0 aliphatic heterocycles. The predicted octanol–water partition coefficient (Wildman–Crippen LogP) is 3.24. The SMILES string of the molecule is O=C(CCc1nc(-c2ncccn2)no1)Nc1ccc(Nc2ccccc2)nc1. The van der Waals surface area contributed by atoms with Gasteiger partial charge in [-0.1, -0.05) is 23.4 Å². The second-order valence-corrected chi connectivity index (χ2v) is 6.06. The van der Waals surface area contributed by atoms with E-state index in [1.54, 1.807) is 36.8 Å². The zero-order chi connectivity index (χ0) is 19.9. The van der Waals surface area contributed by atoms with E-state index >= 15 is 0 Å². The van der Waals surface area contributed by atoms with Crippen LogP contribution in [-0.4, -0.2) is 31.0 Å². The summed E-state index contributed by atoms with van der Waals surface area (Å²) < 4.78 is 5.15. The van der Waals surface area contributed by atoms with E-state index in [-0.39, 0.29) is 12.3 Å². The molecule has 2 N–H and O–H groups in total. The van der Waals surface area contributed by atoms with Crippen molar-refractivity contribution in [2.75, 3.05) is 10.6 Å². The molecular formula is C20H17N7O2. The summed E-state index contributed by atoms with van der Waals surface area (Å²) in [6.07, 6.45) is 5.30. The van der Waals surface area contributed by atoms with Gasteiger partial charge in [0.15, 0.2) is 0 Å². The number of pyridine rings is 1. The smallest absolute Gasteiger partial charge is 0.240 e. The Labute approximate surface area is 166 Å². The van der Waals surface area contributed by atoms with Crippen LogP contribution in [0, 0.1) is 0 Å². The van der Waals surface area contributed by atoms with E-state index in [9.17, 15) is 4.79 Å². The maximum absolute atomic E-state index is 12.2. The molecule has 0 saturated heterocycles. The van der Waals surface area contributed by atoms with E-state index in [0.29, 0.717) is 35.5 Å². The largest absolute Gasteiger partial charge is 0.340 e. The molecule has 3 aromatic heterocycles. The van der Waals surface area contributed by atoms with Crippen LogP contribution in [0.1, 0.15) is 12.3 Å². The molecule has 144 valence electrons. The summed E-state index contributed by atoms with van der Waals surface area (Å²) in [5.41, 5.74) is 1.55. The fourth-order valence-electron chi connectivity index (χ4n) is 2.52. The number of hydrogen-bond donors (Lipinski definition) is 2. The van der Waals surface area contributed by atoms with Crippen LogP contribution in [0.5, 0.6) is 0 Å². The van der Waals surface area contributed by atoms with Crippen LogP contribution in [0.4, 0.5) is 17.2 Å². The molecule has 0 atom stereocenters. The molecule has 9 heteroatoms. The Morgan fingerprint density at radius 2 is 1.72 bits per heavy atom. The Morgan fingerprint density at radius 1 is 0.897 bits per heavy atom. The summed E-state index contributed by atoms with van der Waals surface area (Å²) in [4.78, 5) is 28.8. The summed E-state index contributed by atoms with van der Waals surface area (Å²) in [6.45, 7) is 0. The number of aryl methyl sites for hydroxylation is 1. The first-order valence-electron chi connectivity index (χ1n) is 8.94. The molecule has 9 nitrogen and oxygen atoms in total. The third kappa shape index (κ3) is 4.98. The monoisotopic (exact) mass is 387 g/mol. The number of anilines is 3. The van der Waals surface area contributed by atoms with Gasteiger partial charge in [0.2, 0.25) is 23.4 Å². The molecule has 0 radical (unpaired) electrons. The normalized spacial score (nSPS) is 10.5. The van der Waals surface area contributed by atoms with E-state index in [2.05, 4.69) is 35.7 Å². The van der Waals surface area contributed by atoms with E-state index in [0.717, 1.165) is 5.69 Å². The Bertz CT molecular complexity index is 1070. The molecule has 4 rings (SSSR count). The van der Waals surface area contributed by atoms with Crippen molar-refractivity contribution in [1.82, 2.24) is 25.1 Å². The topological polar surface area (TPSA) is 119 Å². The molecule has 0 spiro atoms. The second kappa shape index (κ2) is 8.70. The molecule has 3 heterocycles. The fourth-order valence-corrected chi connectivity index (χ4v) is 2.52. The lowest BCUT2D eigenvalue weighted by molar-refractivity contribution is -0.116. The molecule has 4 aromatic rings. The maximum Gasteiger partial charge on any atom is 0.240 e. The number of carbonyl (C=O) groups excluding carboxylic acids is 1. The average molecular weight is 387 g/mol. The van der Waals surface area contributed by atoms with Gasteiger partial charge in [-0.3, -0.25) is 4.79 Å². The number of amides is 1. The van der Waals surface area contributed by atoms with E-state index in [1.165, 1.54) is 0 Å². The van der Waals surface area contributed by atoms with Gasteiger partial charge in [-0.05, 0) is 30.3 Å². The lowest BCUT2D eigenvalue weighted by Gasteiger charge is -2.07. The minimum atomic E-state index is -0.175. The van der Waals surface area contributed by atoms with Gasteiger partial charge in [0.05, 0.1) is 11.9 Å². The van der Waals surface area contributed by atoms with Crippen molar-refractivity contribution in [2.24, 2.45) is 0 Å². The van der Waals surface area contributed by atoms with Crippen molar-refractivity contribution in [2.45, 2.75) is 12.8 Å². The molecule has 0 unspecified atom stereocenters. The van der Waals surface area contributed by atoms with Crippen molar-refractivity contribution in [3.8, 4) is 11.6 Å². The number of aromatic nitrogens is 5. The highest BCUT2D eigenvalue weighted by Gasteiger charge is 2.12. The molecule has 1 amide bonds. The first-order chi connectivity index (χ1) is 14.3. The number of benzene rings is 1. The number of rotatable bonds is 7. The zero-order valence-corrected chi connectivity index (χ0v) is 15.3. The lowest BCUT2D eigenvalue weighted by Crippen LogP contribution is -2.12. The highest BCUT2D eigenvalue weighted by atomic mass is 16.5. The van der Waals surface area contributed by atoms with Gasteiger partial charge in [-0.15, -0.1) is 0 Å². The summed E-state index contributed by atoms with van der Waals surface area (Å²) in [7, 11) is 0. The standard InChI is InChI=1S/C20H17N7O2/c28-17(9-10-18-26-20(27-29-18)19-21-11-4-12-22-19)25-15-7-8-16(23-13-15)24-14-5-2-1-3-6-14/h1-8,11-13H,9-10H2,(H,23,24)(H,25,28). The highest BCUT2D eigenvalue weighted by Crippen LogP contribution is 2.16. The summed E-state index contributed by atoms with van der Waals surface area (Å²) in [6, 6.07) is 15.0. The molecule has 0 bridgehead atoms. The molecule has 0 fully saturated rings. The zero-order valence-electron chi connectivity index (χ0n) is 15.3. The number of nitrogens with one attached hydrogen (secondary N) is 2. The van der Waals surface area contributed by atoms with Crippen molar-refractivity contribution >= 4 is 23.1 Å². The minimum absolute atomic E-state index is 0.175. The maximum atomic E-state index is 12.2.